The Hall–Kier alpha value is -2.41. The van der Waals surface area contributed by atoms with E-state index in [9.17, 15) is 14.5 Å². The third kappa shape index (κ3) is 7.66. The molecule has 3 saturated carbocycles. The Morgan fingerprint density at radius 1 is 1.18 bits per heavy atom. The van der Waals surface area contributed by atoms with Gasteiger partial charge in [0, 0.05) is 6.54 Å². The van der Waals surface area contributed by atoms with Crippen molar-refractivity contribution in [3.63, 3.8) is 0 Å². The first kappa shape index (κ1) is 32.1. The Morgan fingerprint density at radius 3 is 2.42 bits per heavy atom. The average Bonchev–Trinajstić information content (AvgIpc) is 3.15. The topological polar surface area (TPSA) is 154 Å². The number of alkyl carbamates (subject to hydrolysis) is 1. The van der Waals surface area contributed by atoms with Gasteiger partial charge in [-0.05, 0) is 83.0 Å². The fraction of sp³-hybridized carbons (Fsp3) is 0.889. The van der Waals surface area contributed by atoms with Crippen molar-refractivity contribution in [3.8, 4) is 0 Å². The number of hydrogen-bond donors (Lipinski definition) is 5. The van der Waals surface area contributed by atoms with Crippen molar-refractivity contribution in [1.82, 2.24) is 21.4 Å². The van der Waals surface area contributed by atoms with E-state index in [4.69, 9.17) is 19.5 Å². The first-order valence-electron chi connectivity index (χ1n) is 14.6. The van der Waals surface area contributed by atoms with Gasteiger partial charge < -0.3 is 30.0 Å². The summed E-state index contributed by atoms with van der Waals surface area (Å²) in [6.07, 6.45) is 2.81. The Bertz CT molecular complexity index is 972. The van der Waals surface area contributed by atoms with Crippen LogP contribution in [0.25, 0.3) is 0 Å². The van der Waals surface area contributed by atoms with E-state index < -0.39 is 24.9 Å². The monoisotopic (exact) mass is 565 g/mol. The highest BCUT2D eigenvalue weighted by Crippen LogP contribution is 2.65. The van der Waals surface area contributed by atoms with Crippen LogP contribution in [0, 0.1) is 33.5 Å². The molecular formula is C27H50BN6O6+. The highest BCUT2D eigenvalue weighted by atomic mass is 16.7. The standard InChI is InChI=1S/C27H49BN6O6/c1-16(2)13-21(28-39-20-15-17-14-19(26(17,6)7)27(20,8)40-28)32-22(35)18(31-24(36)38-25(3,4)5)11-10-12-30-23(29)33-34(9)37/h16-21H,10-15H2,1-9H3,(H4-,29,30,31,32,33,35,36,37)/p+1/t17-,18-,19-,20+,21-,27-/m0/s1. The van der Waals surface area contributed by atoms with E-state index in [2.05, 4.69) is 56.0 Å². The minimum Gasteiger partial charge on any atom is -0.444 e. The lowest BCUT2D eigenvalue weighted by molar-refractivity contribution is -0.563. The van der Waals surface area contributed by atoms with Gasteiger partial charge in [-0.2, -0.15) is 0 Å². The second-order valence-electron chi connectivity index (χ2n) is 13.8. The molecule has 40 heavy (non-hydrogen) atoms. The zero-order valence-corrected chi connectivity index (χ0v) is 25.7. The molecule has 4 aliphatic rings. The van der Waals surface area contributed by atoms with Crippen molar-refractivity contribution in [1.29, 1.82) is 5.41 Å². The summed E-state index contributed by atoms with van der Waals surface area (Å²) in [5.41, 5.74) is 1.38. The quantitative estimate of drug-likeness (QED) is 0.0640. The molecule has 12 nitrogen and oxygen atoms in total. The Balaban J connectivity index is 1.68. The highest BCUT2D eigenvalue weighted by molar-refractivity contribution is 6.47. The smallest absolute Gasteiger partial charge is 0.444 e. The minimum absolute atomic E-state index is 0.000285. The van der Waals surface area contributed by atoms with E-state index in [0.717, 1.165) is 12.8 Å². The predicted molar refractivity (Wildman–Crippen MR) is 152 cm³/mol. The maximum Gasteiger partial charge on any atom is 0.481 e. The Morgan fingerprint density at radius 2 is 1.85 bits per heavy atom. The third-order valence-corrected chi connectivity index (χ3v) is 8.60. The van der Waals surface area contributed by atoms with Gasteiger partial charge in [0.15, 0.2) is 0 Å². The molecule has 0 spiro atoms. The summed E-state index contributed by atoms with van der Waals surface area (Å²) >= 11 is 0. The molecule has 2 bridgehead atoms. The van der Waals surface area contributed by atoms with Gasteiger partial charge in [0.05, 0.1) is 22.6 Å². The molecule has 1 heterocycles. The lowest BCUT2D eigenvalue weighted by Crippen LogP contribution is -2.65. The Labute approximate surface area is 239 Å². The molecule has 1 saturated heterocycles. The Kier molecular flexibility index (Phi) is 9.81. The van der Waals surface area contributed by atoms with Crippen LogP contribution in [0.15, 0.2) is 0 Å². The molecule has 4 rings (SSSR count). The summed E-state index contributed by atoms with van der Waals surface area (Å²) in [5.74, 6) is 0.423. The summed E-state index contributed by atoms with van der Waals surface area (Å²) in [6.45, 7) is 16.6. The maximum absolute atomic E-state index is 13.6. The molecule has 2 amide bonds. The van der Waals surface area contributed by atoms with Crippen LogP contribution in [-0.2, 0) is 18.8 Å². The number of amides is 2. The number of nitroso groups, excluding NO2 is 1. The summed E-state index contributed by atoms with van der Waals surface area (Å²) in [6, 6.07) is -0.873. The van der Waals surface area contributed by atoms with Gasteiger partial charge in [-0.25, -0.2) is 4.79 Å². The van der Waals surface area contributed by atoms with Crippen LogP contribution in [0.3, 0.4) is 0 Å². The number of guanidine groups is 1. The molecule has 0 aromatic carbocycles. The van der Waals surface area contributed by atoms with Crippen molar-refractivity contribution in [2.45, 2.75) is 117 Å². The van der Waals surface area contributed by atoms with Gasteiger partial charge in [-0.1, -0.05) is 33.1 Å². The molecule has 4 fully saturated rings. The molecule has 0 radical (unpaired) electrons. The number of hydrazine groups is 1. The van der Waals surface area contributed by atoms with E-state index in [-0.39, 0.29) is 47.3 Å². The number of carbonyl (C=O) groups excluding carboxylic acids is 2. The van der Waals surface area contributed by atoms with E-state index in [0.29, 0.717) is 36.1 Å². The number of nitrogens with one attached hydrogen (secondary N) is 5. The van der Waals surface area contributed by atoms with Gasteiger partial charge in [0.1, 0.15) is 16.5 Å². The zero-order valence-electron chi connectivity index (χ0n) is 25.7. The predicted octanol–water partition coefficient (Wildman–Crippen LogP) is 2.90. The van der Waals surface area contributed by atoms with E-state index >= 15 is 0 Å². The van der Waals surface area contributed by atoms with Crippen molar-refractivity contribution in [2.75, 3.05) is 13.6 Å². The molecular weight excluding hydrogens is 515 g/mol. The van der Waals surface area contributed by atoms with Crippen LogP contribution < -0.4 is 21.4 Å². The van der Waals surface area contributed by atoms with Crippen molar-refractivity contribution >= 4 is 25.1 Å². The summed E-state index contributed by atoms with van der Waals surface area (Å²) in [4.78, 5) is 37.7. The van der Waals surface area contributed by atoms with Crippen LogP contribution in [0.2, 0.25) is 0 Å². The van der Waals surface area contributed by atoms with Gasteiger partial charge in [-0.3, -0.25) is 10.2 Å². The lowest BCUT2D eigenvalue weighted by Gasteiger charge is -2.64. The highest BCUT2D eigenvalue weighted by Gasteiger charge is 2.68. The molecule has 13 heteroatoms. The van der Waals surface area contributed by atoms with Crippen LogP contribution >= 0.6 is 0 Å². The number of ether oxygens (including phenoxy) is 1. The van der Waals surface area contributed by atoms with Gasteiger partial charge >= 0.3 is 13.2 Å². The van der Waals surface area contributed by atoms with Crippen LogP contribution in [0.5, 0.6) is 0 Å². The van der Waals surface area contributed by atoms with Crippen LogP contribution in [0.4, 0.5) is 4.79 Å². The lowest BCUT2D eigenvalue weighted by atomic mass is 9.43. The molecule has 1 aliphatic heterocycles. The molecule has 6 atom stereocenters. The van der Waals surface area contributed by atoms with E-state index in [1.807, 2.05) is 0 Å². The first-order chi connectivity index (χ1) is 18.4. The minimum atomic E-state index is -0.873. The van der Waals surface area contributed by atoms with E-state index in [1.54, 1.807) is 20.8 Å². The molecule has 0 unspecified atom stereocenters. The molecule has 226 valence electrons. The number of carbonyl (C=O) groups is 2. The maximum atomic E-state index is 13.6. The van der Waals surface area contributed by atoms with Crippen molar-refractivity contribution in [2.24, 2.45) is 23.2 Å². The van der Waals surface area contributed by atoms with Crippen LogP contribution in [0.1, 0.15) is 87.5 Å². The van der Waals surface area contributed by atoms with Crippen LogP contribution in [-0.4, -0.2) is 72.8 Å². The second-order valence-corrected chi connectivity index (χ2v) is 13.8. The molecule has 3 aliphatic carbocycles. The summed E-state index contributed by atoms with van der Waals surface area (Å²) < 4.78 is 18.6. The SMILES string of the molecule is CC(C)C[C@H](NC(=O)[C@H](CCCNC(=N)N[N+](C)=O)NC(=O)OC(C)(C)C)B1O[C@@H]2C[C@@H]3C[C@@H](C3(C)C)[C@]2(C)O1. The molecule has 0 aromatic rings. The summed E-state index contributed by atoms with van der Waals surface area (Å²) in [7, 11) is 0.669. The number of hydrogen-bond acceptors (Lipinski definition) is 7. The largest absolute Gasteiger partial charge is 0.481 e. The van der Waals surface area contributed by atoms with Gasteiger partial charge in [0.2, 0.25) is 18.9 Å². The zero-order chi connectivity index (χ0) is 30.0. The van der Waals surface area contributed by atoms with E-state index in [1.165, 1.54) is 7.05 Å². The normalized spacial score (nSPS) is 28.1. The number of rotatable bonds is 11. The molecule has 5 N–H and O–H groups in total. The number of nitrogens with zero attached hydrogens (tertiary/aromatic N) is 1. The van der Waals surface area contributed by atoms with Crippen molar-refractivity contribution in [3.05, 3.63) is 4.91 Å². The molecule has 0 aromatic heterocycles. The average molecular weight is 566 g/mol. The van der Waals surface area contributed by atoms with Gasteiger partial charge in [0.25, 0.3) is 0 Å². The van der Waals surface area contributed by atoms with Crippen molar-refractivity contribution < 1.29 is 28.5 Å². The third-order valence-electron chi connectivity index (χ3n) is 8.60. The fourth-order valence-corrected chi connectivity index (χ4v) is 6.54. The first-order valence-corrected chi connectivity index (χ1v) is 14.6. The fourth-order valence-electron chi connectivity index (χ4n) is 6.54. The van der Waals surface area contributed by atoms with Gasteiger partial charge in [-0.15, -0.1) is 0 Å². The summed E-state index contributed by atoms with van der Waals surface area (Å²) in [5, 5.41) is 16.3. The second kappa shape index (κ2) is 12.2.